The second-order valence-corrected chi connectivity index (χ2v) is 5.34. The first-order chi connectivity index (χ1) is 10.7. The monoisotopic (exact) mass is 290 g/mol. The van der Waals surface area contributed by atoms with E-state index in [0.29, 0.717) is 12.1 Å². The van der Waals surface area contributed by atoms with Crippen LogP contribution in [0.25, 0.3) is 6.08 Å². The van der Waals surface area contributed by atoms with Gasteiger partial charge in [0.25, 0.3) is 0 Å². The van der Waals surface area contributed by atoms with Crippen LogP contribution in [0.4, 0.5) is 11.5 Å². The normalized spacial score (nSPS) is 15.4. The average molecular weight is 290 g/mol. The molecule has 1 aliphatic heterocycles. The Bertz CT molecular complexity index is 896. The van der Waals surface area contributed by atoms with Crippen LogP contribution >= 0.6 is 0 Å². The first-order valence-electron chi connectivity index (χ1n) is 7.32. The molecule has 2 heterocycles. The number of hydrogen-bond acceptors (Lipinski definition) is 3. The van der Waals surface area contributed by atoms with Gasteiger partial charge in [0.15, 0.2) is 0 Å². The molecule has 1 unspecified atom stereocenters. The molecule has 3 rings (SSSR count). The second kappa shape index (κ2) is 5.53. The van der Waals surface area contributed by atoms with Crippen LogP contribution in [0.3, 0.4) is 0 Å². The van der Waals surface area contributed by atoms with Gasteiger partial charge in [0, 0.05) is 19.5 Å². The van der Waals surface area contributed by atoms with E-state index in [1.165, 1.54) is 5.56 Å². The Labute approximate surface area is 129 Å². The van der Waals surface area contributed by atoms with Crippen LogP contribution in [0.5, 0.6) is 0 Å². The fourth-order valence-corrected chi connectivity index (χ4v) is 3.01. The van der Waals surface area contributed by atoms with E-state index < -0.39 is 0 Å². The third-order valence-electron chi connectivity index (χ3n) is 4.00. The summed E-state index contributed by atoms with van der Waals surface area (Å²) in [5.41, 5.74) is 2.69. The zero-order chi connectivity index (χ0) is 15.7. The van der Waals surface area contributed by atoms with Gasteiger partial charge in [-0.15, -0.1) is 6.58 Å². The van der Waals surface area contributed by atoms with Gasteiger partial charge in [-0.1, -0.05) is 37.3 Å². The number of nitrogens with zero attached hydrogens (tertiary/aromatic N) is 3. The van der Waals surface area contributed by atoms with E-state index >= 15 is 0 Å². The predicted octanol–water partition coefficient (Wildman–Crippen LogP) is 2.44. The number of nitrogens with one attached hydrogen (secondary N) is 1. The van der Waals surface area contributed by atoms with Crippen molar-refractivity contribution < 1.29 is 0 Å². The van der Waals surface area contributed by atoms with Gasteiger partial charge in [-0.05, 0) is 11.6 Å². The molecule has 0 spiro atoms. The molecule has 0 saturated heterocycles. The van der Waals surface area contributed by atoms with Crippen molar-refractivity contribution in [2.75, 3.05) is 12.4 Å². The number of hydrogen-bond donors (Lipinski definition) is 1. The van der Waals surface area contributed by atoms with Crippen LogP contribution in [0.2, 0.25) is 0 Å². The van der Waals surface area contributed by atoms with E-state index in [-0.39, 0.29) is 5.92 Å². The average Bonchev–Trinajstić information content (AvgIpc) is 2.71. The number of rotatable bonds is 3. The minimum atomic E-state index is 0.232. The summed E-state index contributed by atoms with van der Waals surface area (Å²) >= 11 is 0. The SMILES string of the molecule is C=CCn1c(NC)c(C#N)c2c1=CC(C)c1ccccc1N=2. The van der Waals surface area contributed by atoms with Crippen LogP contribution < -0.4 is 16.0 Å². The Balaban J connectivity index is 2.46. The molecule has 2 aromatic rings. The molecule has 22 heavy (non-hydrogen) atoms. The molecule has 0 amide bonds. The fraction of sp³-hybridized carbons (Fsp3) is 0.222. The summed E-state index contributed by atoms with van der Waals surface area (Å²) in [6.45, 7) is 6.61. The Kier molecular flexibility index (Phi) is 3.56. The summed E-state index contributed by atoms with van der Waals surface area (Å²) in [6.07, 6.45) is 4.01. The quantitative estimate of drug-likeness (QED) is 0.883. The van der Waals surface area contributed by atoms with Crippen molar-refractivity contribution in [1.29, 1.82) is 5.26 Å². The van der Waals surface area contributed by atoms with Crippen molar-refractivity contribution in [3.63, 3.8) is 0 Å². The number of nitriles is 1. The van der Waals surface area contributed by atoms with Gasteiger partial charge in [0.1, 0.15) is 22.8 Å². The van der Waals surface area contributed by atoms with Crippen LogP contribution in [-0.2, 0) is 6.54 Å². The summed E-state index contributed by atoms with van der Waals surface area (Å²) in [6, 6.07) is 10.4. The van der Waals surface area contributed by atoms with Gasteiger partial charge < -0.3 is 9.88 Å². The first-order valence-corrected chi connectivity index (χ1v) is 7.32. The molecular formula is C18H18N4. The minimum Gasteiger partial charge on any atom is -0.373 e. The van der Waals surface area contributed by atoms with Gasteiger partial charge in [-0.25, -0.2) is 4.99 Å². The lowest BCUT2D eigenvalue weighted by atomic mass is 9.99. The zero-order valence-corrected chi connectivity index (χ0v) is 12.8. The largest absolute Gasteiger partial charge is 0.373 e. The third-order valence-corrected chi connectivity index (χ3v) is 4.00. The van der Waals surface area contributed by atoms with Crippen LogP contribution in [0.1, 0.15) is 24.0 Å². The number of allylic oxidation sites excluding steroid dienone is 1. The maximum atomic E-state index is 9.59. The van der Waals surface area contributed by atoms with Crippen molar-refractivity contribution in [2.45, 2.75) is 19.4 Å². The van der Waals surface area contributed by atoms with Gasteiger partial charge in [-0.2, -0.15) is 5.26 Å². The van der Waals surface area contributed by atoms with Gasteiger partial charge in [-0.3, -0.25) is 0 Å². The number of aromatic nitrogens is 1. The van der Waals surface area contributed by atoms with Gasteiger partial charge >= 0.3 is 0 Å². The molecule has 0 fully saturated rings. The van der Waals surface area contributed by atoms with Crippen LogP contribution in [0.15, 0.2) is 41.9 Å². The highest BCUT2D eigenvalue weighted by Gasteiger charge is 2.19. The topological polar surface area (TPSA) is 53.1 Å². The van der Waals surface area contributed by atoms with Gasteiger partial charge in [0.2, 0.25) is 0 Å². The predicted molar refractivity (Wildman–Crippen MR) is 88.7 cm³/mol. The summed E-state index contributed by atoms with van der Waals surface area (Å²) in [5.74, 6) is 1.02. The molecule has 4 nitrogen and oxygen atoms in total. The number of para-hydroxylation sites is 1. The Morgan fingerprint density at radius 2 is 2.23 bits per heavy atom. The number of benzene rings is 1. The van der Waals surface area contributed by atoms with E-state index in [2.05, 4.69) is 41.6 Å². The molecule has 1 aliphatic rings. The second-order valence-electron chi connectivity index (χ2n) is 5.34. The molecule has 0 aliphatic carbocycles. The summed E-state index contributed by atoms with van der Waals surface area (Å²) in [4.78, 5) is 4.79. The lowest BCUT2D eigenvalue weighted by Crippen LogP contribution is -2.30. The van der Waals surface area contributed by atoms with Crippen molar-refractivity contribution >= 4 is 17.6 Å². The number of fused-ring (bicyclic) bond motifs is 2. The smallest absolute Gasteiger partial charge is 0.126 e. The summed E-state index contributed by atoms with van der Waals surface area (Å²) in [5, 5.41) is 14.4. The standard InChI is InChI=1S/C18H18N4/c1-4-9-22-16-10-12(2)13-7-5-6-8-15(13)21-17(16)14(11-19)18(22)20-3/h4-8,10,12,20H,1,9H2,2-3H3. The first kappa shape index (κ1) is 14.2. The van der Waals surface area contributed by atoms with Crippen molar-refractivity contribution in [2.24, 2.45) is 4.99 Å². The fourth-order valence-electron chi connectivity index (χ4n) is 3.01. The van der Waals surface area contributed by atoms with E-state index in [1.807, 2.05) is 31.3 Å². The maximum Gasteiger partial charge on any atom is 0.126 e. The maximum absolute atomic E-state index is 9.59. The van der Waals surface area contributed by atoms with Crippen molar-refractivity contribution in [3.8, 4) is 6.07 Å². The highest BCUT2D eigenvalue weighted by molar-refractivity contribution is 5.60. The third kappa shape index (κ3) is 2.03. The van der Waals surface area contributed by atoms with Gasteiger partial charge in [0.05, 0.1) is 11.0 Å². The Hall–Kier alpha value is -2.80. The molecule has 1 N–H and O–H groups in total. The molecule has 1 aromatic carbocycles. The molecule has 110 valence electrons. The summed E-state index contributed by atoms with van der Waals surface area (Å²) < 4.78 is 2.06. The zero-order valence-electron chi connectivity index (χ0n) is 12.8. The molecule has 0 bridgehead atoms. The summed E-state index contributed by atoms with van der Waals surface area (Å²) in [7, 11) is 1.83. The van der Waals surface area contributed by atoms with Crippen molar-refractivity contribution in [1.82, 2.24) is 4.57 Å². The highest BCUT2D eigenvalue weighted by Crippen LogP contribution is 2.28. The van der Waals surface area contributed by atoms with E-state index in [0.717, 1.165) is 22.2 Å². The van der Waals surface area contributed by atoms with E-state index in [9.17, 15) is 5.26 Å². The highest BCUT2D eigenvalue weighted by atomic mass is 15.1. The lowest BCUT2D eigenvalue weighted by Gasteiger charge is -2.10. The lowest BCUT2D eigenvalue weighted by molar-refractivity contribution is 0.801. The molecule has 1 atom stereocenters. The molecule has 0 radical (unpaired) electrons. The minimum absolute atomic E-state index is 0.232. The molecular weight excluding hydrogens is 272 g/mol. The number of anilines is 1. The van der Waals surface area contributed by atoms with E-state index in [1.54, 1.807) is 0 Å². The van der Waals surface area contributed by atoms with Crippen LogP contribution in [0, 0.1) is 11.3 Å². The molecule has 4 heteroatoms. The molecule has 1 aromatic heterocycles. The Morgan fingerprint density at radius 3 is 2.91 bits per heavy atom. The Morgan fingerprint density at radius 1 is 1.45 bits per heavy atom. The van der Waals surface area contributed by atoms with Crippen LogP contribution in [-0.4, -0.2) is 11.6 Å². The van der Waals surface area contributed by atoms with Crippen molar-refractivity contribution in [3.05, 3.63) is 58.8 Å². The van der Waals surface area contributed by atoms with E-state index in [4.69, 9.17) is 4.99 Å². The molecule has 0 saturated carbocycles.